The van der Waals surface area contributed by atoms with Gasteiger partial charge in [0, 0.05) is 11.6 Å². The summed E-state index contributed by atoms with van der Waals surface area (Å²) in [5, 5.41) is 4.23. The van der Waals surface area contributed by atoms with Gasteiger partial charge in [0.15, 0.2) is 0 Å². The van der Waals surface area contributed by atoms with E-state index in [1.54, 1.807) is 0 Å². The molecule has 2 nitrogen and oxygen atoms in total. The largest absolute Gasteiger partial charge is 0.374 e. The minimum atomic E-state index is -0.255. The summed E-state index contributed by atoms with van der Waals surface area (Å²) in [5.74, 6) is 0. The normalized spacial score (nSPS) is 13.7. The highest BCUT2D eigenvalue weighted by molar-refractivity contribution is 6.30. The fourth-order valence-corrected chi connectivity index (χ4v) is 2.31. The molecule has 0 amide bonds. The number of nitrogens with one attached hydrogen (secondary N) is 1. The maximum absolute atomic E-state index is 6.05. The molecule has 0 aliphatic carbocycles. The van der Waals surface area contributed by atoms with Crippen LogP contribution in [0.1, 0.15) is 39.3 Å². The Morgan fingerprint density at radius 1 is 1.35 bits per heavy atom. The molecule has 1 rings (SSSR count). The highest BCUT2D eigenvalue weighted by Crippen LogP contribution is 2.30. The van der Waals surface area contributed by atoms with Crippen LogP contribution < -0.4 is 5.32 Å². The highest BCUT2D eigenvalue weighted by Gasteiger charge is 2.30. The van der Waals surface area contributed by atoms with Gasteiger partial charge in [-0.15, -0.1) is 0 Å². The van der Waals surface area contributed by atoms with E-state index in [1.807, 2.05) is 25.1 Å². The van der Waals surface area contributed by atoms with Crippen LogP contribution in [0.5, 0.6) is 0 Å². The summed E-state index contributed by atoms with van der Waals surface area (Å²) >= 11 is 6.05. The van der Waals surface area contributed by atoms with Gasteiger partial charge < -0.3 is 10.1 Å². The van der Waals surface area contributed by atoms with Crippen LogP contribution in [0.25, 0.3) is 0 Å². The number of benzene rings is 1. The molecule has 0 aliphatic rings. The smallest absolute Gasteiger partial charge is 0.0820 e. The molecule has 1 aromatic rings. The average Bonchev–Trinajstić information content (AvgIpc) is 2.25. The van der Waals surface area contributed by atoms with Crippen LogP contribution in [-0.2, 0) is 4.74 Å². The van der Waals surface area contributed by atoms with Gasteiger partial charge in [-0.1, -0.05) is 30.7 Å². The first-order valence-corrected chi connectivity index (χ1v) is 6.51. The van der Waals surface area contributed by atoms with Gasteiger partial charge in [0.1, 0.15) is 0 Å². The van der Waals surface area contributed by atoms with Crippen molar-refractivity contribution in [3.05, 3.63) is 34.9 Å². The Labute approximate surface area is 109 Å². The molecule has 1 aromatic carbocycles. The van der Waals surface area contributed by atoms with Crippen LogP contribution in [0.4, 0.5) is 0 Å². The predicted molar refractivity (Wildman–Crippen MR) is 73.6 cm³/mol. The second-order valence-electron chi connectivity index (χ2n) is 4.58. The van der Waals surface area contributed by atoms with E-state index in [0.717, 1.165) is 17.1 Å². The summed E-state index contributed by atoms with van der Waals surface area (Å²) in [6.07, 6.45) is 0. The first kappa shape index (κ1) is 14.5. The molecular weight excluding hydrogens is 234 g/mol. The molecule has 0 aromatic heterocycles. The zero-order valence-corrected chi connectivity index (χ0v) is 11.8. The lowest BCUT2D eigenvalue weighted by atomic mass is 9.91. The summed E-state index contributed by atoms with van der Waals surface area (Å²) in [5.41, 5.74) is 0.910. The Balaban J connectivity index is 3.00. The Morgan fingerprint density at radius 3 is 2.59 bits per heavy atom. The fraction of sp³-hybridized carbons (Fsp3) is 0.571. The third-order valence-corrected chi connectivity index (χ3v) is 3.04. The van der Waals surface area contributed by atoms with Crippen LogP contribution >= 0.6 is 11.6 Å². The van der Waals surface area contributed by atoms with E-state index in [0.29, 0.717) is 6.61 Å². The molecule has 0 fully saturated rings. The van der Waals surface area contributed by atoms with E-state index in [-0.39, 0.29) is 11.6 Å². The zero-order valence-electron chi connectivity index (χ0n) is 11.1. The first-order valence-electron chi connectivity index (χ1n) is 6.14. The number of hydrogen-bond acceptors (Lipinski definition) is 2. The Kier molecular flexibility index (Phi) is 5.44. The SMILES string of the molecule is CCNC(c1cccc(Cl)c1)C(C)(C)OCC. The summed E-state index contributed by atoms with van der Waals surface area (Å²) in [7, 11) is 0. The van der Waals surface area contributed by atoms with Crippen molar-refractivity contribution in [1.82, 2.24) is 5.32 Å². The quantitative estimate of drug-likeness (QED) is 0.835. The minimum absolute atomic E-state index is 0.145. The standard InChI is InChI=1S/C14H22ClNO/c1-5-16-13(14(3,4)17-6-2)11-8-7-9-12(15)10-11/h7-10,13,16H,5-6H2,1-4H3. The first-order chi connectivity index (χ1) is 8.01. The molecule has 0 radical (unpaired) electrons. The van der Waals surface area contributed by atoms with Crippen LogP contribution in [0.3, 0.4) is 0 Å². The van der Waals surface area contributed by atoms with Gasteiger partial charge in [0.25, 0.3) is 0 Å². The number of hydrogen-bond donors (Lipinski definition) is 1. The van der Waals surface area contributed by atoms with Crippen molar-refractivity contribution in [2.75, 3.05) is 13.2 Å². The van der Waals surface area contributed by atoms with Gasteiger partial charge >= 0.3 is 0 Å². The molecule has 0 saturated carbocycles. The lowest BCUT2D eigenvalue weighted by Gasteiger charge is -2.35. The third-order valence-electron chi connectivity index (χ3n) is 2.80. The lowest BCUT2D eigenvalue weighted by molar-refractivity contribution is -0.0388. The van der Waals surface area contributed by atoms with Crippen LogP contribution in [0.15, 0.2) is 24.3 Å². The topological polar surface area (TPSA) is 21.3 Å². The Morgan fingerprint density at radius 2 is 2.06 bits per heavy atom. The van der Waals surface area contributed by atoms with Gasteiger partial charge in [-0.05, 0) is 45.0 Å². The van der Waals surface area contributed by atoms with Gasteiger partial charge in [-0.3, -0.25) is 0 Å². The van der Waals surface area contributed by atoms with Gasteiger partial charge in [-0.2, -0.15) is 0 Å². The second-order valence-corrected chi connectivity index (χ2v) is 5.02. The van der Waals surface area contributed by atoms with E-state index in [4.69, 9.17) is 16.3 Å². The molecule has 1 N–H and O–H groups in total. The van der Waals surface area contributed by atoms with Crippen molar-refractivity contribution in [2.45, 2.75) is 39.3 Å². The molecular formula is C14H22ClNO. The van der Waals surface area contributed by atoms with Crippen molar-refractivity contribution in [3.63, 3.8) is 0 Å². The van der Waals surface area contributed by atoms with E-state index >= 15 is 0 Å². The Hall–Kier alpha value is -0.570. The van der Waals surface area contributed by atoms with E-state index in [9.17, 15) is 0 Å². The molecule has 1 atom stereocenters. The van der Waals surface area contributed by atoms with Crippen molar-refractivity contribution >= 4 is 11.6 Å². The molecule has 0 aliphatic heterocycles. The van der Waals surface area contributed by atoms with Crippen molar-refractivity contribution in [1.29, 1.82) is 0 Å². The van der Waals surface area contributed by atoms with Crippen LogP contribution in [0.2, 0.25) is 5.02 Å². The van der Waals surface area contributed by atoms with E-state index in [1.165, 1.54) is 0 Å². The number of ether oxygens (including phenoxy) is 1. The van der Waals surface area contributed by atoms with Crippen molar-refractivity contribution in [2.24, 2.45) is 0 Å². The average molecular weight is 256 g/mol. The summed E-state index contributed by atoms with van der Waals surface area (Å²) in [6.45, 7) is 9.92. The molecule has 0 bridgehead atoms. The summed E-state index contributed by atoms with van der Waals surface area (Å²) in [4.78, 5) is 0. The summed E-state index contributed by atoms with van der Waals surface area (Å²) < 4.78 is 5.83. The molecule has 0 saturated heterocycles. The zero-order chi connectivity index (χ0) is 12.9. The van der Waals surface area contributed by atoms with E-state index in [2.05, 4.69) is 32.2 Å². The minimum Gasteiger partial charge on any atom is -0.374 e. The van der Waals surface area contributed by atoms with Crippen LogP contribution in [-0.4, -0.2) is 18.8 Å². The third kappa shape index (κ3) is 3.98. The van der Waals surface area contributed by atoms with Gasteiger partial charge in [-0.25, -0.2) is 0 Å². The second kappa shape index (κ2) is 6.39. The lowest BCUT2D eigenvalue weighted by Crippen LogP contribution is -2.41. The maximum atomic E-state index is 6.05. The molecule has 0 spiro atoms. The van der Waals surface area contributed by atoms with Crippen molar-refractivity contribution in [3.8, 4) is 0 Å². The molecule has 1 unspecified atom stereocenters. The Bertz CT molecular complexity index is 352. The fourth-order valence-electron chi connectivity index (χ4n) is 2.11. The number of likely N-dealkylation sites (N-methyl/N-ethyl adjacent to an activating group) is 1. The molecule has 0 heterocycles. The predicted octanol–water partition coefficient (Wildman–Crippen LogP) is 3.81. The van der Waals surface area contributed by atoms with Crippen molar-refractivity contribution < 1.29 is 4.74 Å². The maximum Gasteiger partial charge on any atom is 0.0820 e. The van der Waals surface area contributed by atoms with Gasteiger partial charge in [0.05, 0.1) is 11.6 Å². The number of rotatable bonds is 6. The van der Waals surface area contributed by atoms with E-state index < -0.39 is 0 Å². The van der Waals surface area contributed by atoms with Crippen LogP contribution in [0, 0.1) is 0 Å². The molecule has 17 heavy (non-hydrogen) atoms. The molecule has 96 valence electrons. The monoisotopic (exact) mass is 255 g/mol. The molecule has 3 heteroatoms. The highest BCUT2D eigenvalue weighted by atomic mass is 35.5. The number of halogens is 1. The van der Waals surface area contributed by atoms with Gasteiger partial charge in [0.2, 0.25) is 0 Å². The summed E-state index contributed by atoms with van der Waals surface area (Å²) in [6, 6.07) is 8.09.